The fourth-order valence-corrected chi connectivity index (χ4v) is 4.07. The first-order valence-corrected chi connectivity index (χ1v) is 12.0. The number of nitrogens with one attached hydrogen (secondary N) is 2. The standard InChI is InChI=1S/C32H25N3O2/c36-31(25-14-4-1-5-15-25)33-30(23-26-17-12-16-24-13-10-11-22-29(24)26)32(37)34-35(27-18-6-2-7-19-27)28-20-8-3-9-21-28/h1-23H,(H,33,36)(H,34,37)/b30-23-. The first kappa shape index (κ1) is 23.6. The van der Waals surface area contributed by atoms with Crippen LogP contribution in [0.5, 0.6) is 0 Å². The molecule has 37 heavy (non-hydrogen) atoms. The summed E-state index contributed by atoms with van der Waals surface area (Å²) < 4.78 is 0. The molecule has 5 rings (SSSR count). The molecule has 0 heterocycles. The number of amides is 2. The van der Waals surface area contributed by atoms with Crippen molar-refractivity contribution in [1.29, 1.82) is 0 Å². The second kappa shape index (κ2) is 11.1. The summed E-state index contributed by atoms with van der Waals surface area (Å²) in [6.07, 6.45) is 1.71. The van der Waals surface area contributed by atoms with Crippen molar-refractivity contribution in [2.45, 2.75) is 0 Å². The van der Waals surface area contributed by atoms with E-state index in [0.717, 1.165) is 27.7 Å². The summed E-state index contributed by atoms with van der Waals surface area (Å²) >= 11 is 0. The van der Waals surface area contributed by atoms with Gasteiger partial charge in [0.2, 0.25) is 0 Å². The molecule has 0 atom stereocenters. The number of carbonyl (C=O) groups is 2. The van der Waals surface area contributed by atoms with Gasteiger partial charge in [0.1, 0.15) is 5.70 Å². The van der Waals surface area contributed by atoms with Crippen LogP contribution in [0.25, 0.3) is 16.8 Å². The molecule has 0 aliphatic carbocycles. The molecule has 180 valence electrons. The first-order chi connectivity index (χ1) is 18.2. The van der Waals surface area contributed by atoms with Crippen LogP contribution >= 0.6 is 0 Å². The van der Waals surface area contributed by atoms with E-state index in [-0.39, 0.29) is 11.6 Å². The maximum absolute atomic E-state index is 13.8. The van der Waals surface area contributed by atoms with Crippen LogP contribution in [0.3, 0.4) is 0 Å². The third-order valence-electron chi connectivity index (χ3n) is 5.89. The zero-order valence-corrected chi connectivity index (χ0v) is 20.0. The van der Waals surface area contributed by atoms with Gasteiger partial charge in [0.15, 0.2) is 0 Å². The molecule has 0 bridgehead atoms. The molecule has 5 nitrogen and oxygen atoms in total. The molecule has 0 spiro atoms. The van der Waals surface area contributed by atoms with E-state index in [4.69, 9.17) is 0 Å². The Morgan fingerprint density at radius 3 is 1.78 bits per heavy atom. The molecule has 0 saturated carbocycles. The van der Waals surface area contributed by atoms with E-state index in [0.29, 0.717) is 5.56 Å². The van der Waals surface area contributed by atoms with Crippen molar-refractivity contribution in [2.24, 2.45) is 0 Å². The van der Waals surface area contributed by atoms with Gasteiger partial charge in [-0.05, 0) is 58.8 Å². The van der Waals surface area contributed by atoms with E-state index in [9.17, 15) is 9.59 Å². The average Bonchev–Trinajstić information content (AvgIpc) is 2.97. The second-order valence-corrected chi connectivity index (χ2v) is 8.39. The van der Waals surface area contributed by atoms with Gasteiger partial charge in [0.05, 0.1) is 11.4 Å². The van der Waals surface area contributed by atoms with Gasteiger partial charge in [-0.15, -0.1) is 0 Å². The third kappa shape index (κ3) is 5.57. The summed E-state index contributed by atoms with van der Waals surface area (Å²) in [5.41, 5.74) is 5.95. The SMILES string of the molecule is O=C(NN(c1ccccc1)c1ccccc1)/C(=C/c1cccc2ccccc12)NC(=O)c1ccccc1. The molecule has 5 aromatic rings. The van der Waals surface area contributed by atoms with Gasteiger partial charge in [-0.1, -0.05) is 97.1 Å². The van der Waals surface area contributed by atoms with Gasteiger partial charge in [-0.2, -0.15) is 0 Å². The van der Waals surface area contributed by atoms with E-state index in [1.165, 1.54) is 0 Å². The van der Waals surface area contributed by atoms with E-state index < -0.39 is 5.91 Å². The zero-order valence-electron chi connectivity index (χ0n) is 20.0. The quantitative estimate of drug-likeness (QED) is 0.206. The summed E-state index contributed by atoms with van der Waals surface area (Å²) in [4.78, 5) is 26.9. The van der Waals surface area contributed by atoms with Crippen LogP contribution < -0.4 is 15.8 Å². The van der Waals surface area contributed by atoms with Crippen molar-refractivity contribution >= 4 is 40.0 Å². The maximum atomic E-state index is 13.8. The smallest absolute Gasteiger partial charge is 0.286 e. The molecule has 0 aromatic heterocycles. The van der Waals surface area contributed by atoms with Crippen molar-refractivity contribution in [3.8, 4) is 0 Å². The predicted octanol–water partition coefficient (Wildman–Crippen LogP) is 6.48. The van der Waals surface area contributed by atoms with Crippen LogP contribution in [-0.4, -0.2) is 11.8 Å². The molecular weight excluding hydrogens is 458 g/mol. The Kier molecular flexibility index (Phi) is 7.04. The van der Waals surface area contributed by atoms with Crippen LogP contribution in [0.2, 0.25) is 0 Å². The van der Waals surface area contributed by atoms with Gasteiger partial charge < -0.3 is 5.32 Å². The lowest BCUT2D eigenvalue weighted by Crippen LogP contribution is -2.43. The van der Waals surface area contributed by atoms with Gasteiger partial charge in [0, 0.05) is 5.56 Å². The highest BCUT2D eigenvalue weighted by molar-refractivity contribution is 6.07. The van der Waals surface area contributed by atoms with E-state index in [2.05, 4.69) is 10.7 Å². The zero-order chi connectivity index (χ0) is 25.5. The Balaban J connectivity index is 1.54. The molecule has 0 aliphatic rings. The molecule has 0 fully saturated rings. The van der Waals surface area contributed by atoms with Crippen molar-refractivity contribution in [1.82, 2.24) is 10.7 Å². The number of hydrogen-bond acceptors (Lipinski definition) is 3. The number of benzene rings is 5. The molecule has 2 N–H and O–H groups in total. The van der Waals surface area contributed by atoms with Gasteiger partial charge in [-0.25, -0.2) is 0 Å². The number of para-hydroxylation sites is 2. The van der Waals surface area contributed by atoms with Gasteiger partial charge >= 0.3 is 0 Å². The molecule has 5 aromatic carbocycles. The highest BCUT2D eigenvalue weighted by Gasteiger charge is 2.19. The molecule has 0 aliphatic heterocycles. The molecule has 0 unspecified atom stereocenters. The minimum absolute atomic E-state index is 0.127. The van der Waals surface area contributed by atoms with Crippen LogP contribution in [0.4, 0.5) is 11.4 Å². The minimum atomic E-state index is -0.454. The van der Waals surface area contributed by atoms with Crippen molar-refractivity contribution in [2.75, 3.05) is 5.01 Å². The number of hydrogen-bond donors (Lipinski definition) is 2. The lowest BCUT2D eigenvalue weighted by Gasteiger charge is -2.26. The largest absolute Gasteiger partial charge is 0.317 e. The molecular formula is C32H25N3O2. The Morgan fingerprint density at radius 1 is 0.595 bits per heavy atom. The molecule has 0 saturated heterocycles. The Bertz CT molecular complexity index is 1500. The Labute approximate surface area is 215 Å². The second-order valence-electron chi connectivity index (χ2n) is 8.39. The van der Waals surface area contributed by atoms with E-state index in [1.807, 2.05) is 109 Å². The number of anilines is 2. The van der Waals surface area contributed by atoms with Gasteiger partial charge in [0.25, 0.3) is 11.8 Å². The molecule has 0 radical (unpaired) electrons. The Hall–Kier alpha value is -5.16. The van der Waals surface area contributed by atoms with Crippen molar-refractivity contribution in [3.05, 3.63) is 150 Å². The van der Waals surface area contributed by atoms with Gasteiger partial charge in [-0.3, -0.25) is 20.0 Å². The summed E-state index contributed by atoms with van der Waals surface area (Å²) in [6, 6.07) is 41.7. The number of rotatable bonds is 7. The monoisotopic (exact) mass is 483 g/mol. The predicted molar refractivity (Wildman–Crippen MR) is 149 cm³/mol. The molecule has 2 amide bonds. The van der Waals surface area contributed by atoms with Crippen LogP contribution in [0, 0.1) is 0 Å². The third-order valence-corrected chi connectivity index (χ3v) is 5.89. The average molecular weight is 484 g/mol. The summed E-state index contributed by atoms with van der Waals surface area (Å²) in [5, 5.41) is 6.56. The fraction of sp³-hybridized carbons (Fsp3) is 0. The fourth-order valence-electron chi connectivity index (χ4n) is 4.07. The highest BCUT2D eigenvalue weighted by atomic mass is 16.2. The normalized spacial score (nSPS) is 11.1. The summed E-state index contributed by atoms with van der Waals surface area (Å²) in [5.74, 6) is -0.821. The maximum Gasteiger partial charge on any atom is 0.286 e. The lowest BCUT2D eigenvalue weighted by atomic mass is 10.0. The van der Waals surface area contributed by atoms with E-state index >= 15 is 0 Å². The van der Waals surface area contributed by atoms with Crippen LogP contribution in [0.15, 0.2) is 139 Å². The Morgan fingerprint density at radius 2 is 1.14 bits per heavy atom. The summed E-state index contributed by atoms with van der Waals surface area (Å²) in [7, 11) is 0. The number of nitrogens with zero attached hydrogens (tertiary/aromatic N) is 1. The number of hydrazine groups is 1. The number of fused-ring (bicyclic) bond motifs is 1. The minimum Gasteiger partial charge on any atom is -0.317 e. The lowest BCUT2D eigenvalue weighted by molar-refractivity contribution is -0.117. The first-order valence-electron chi connectivity index (χ1n) is 12.0. The van der Waals surface area contributed by atoms with Crippen LogP contribution in [0.1, 0.15) is 15.9 Å². The van der Waals surface area contributed by atoms with E-state index in [1.54, 1.807) is 35.4 Å². The summed E-state index contributed by atoms with van der Waals surface area (Å²) in [6.45, 7) is 0. The highest BCUT2D eigenvalue weighted by Crippen LogP contribution is 2.24. The van der Waals surface area contributed by atoms with Crippen LogP contribution in [-0.2, 0) is 4.79 Å². The van der Waals surface area contributed by atoms with Crippen molar-refractivity contribution < 1.29 is 9.59 Å². The number of carbonyl (C=O) groups excluding carboxylic acids is 2. The van der Waals surface area contributed by atoms with Crippen molar-refractivity contribution in [3.63, 3.8) is 0 Å². The molecule has 5 heteroatoms. The topological polar surface area (TPSA) is 61.4 Å².